The van der Waals surface area contributed by atoms with Gasteiger partial charge in [0, 0.05) is 0 Å². The van der Waals surface area contributed by atoms with E-state index < -0.39 is 0 Å². The van der Waals surface area contributed by atoms with Crippen LogP contribution in [0.1, 0.15) is 11.4 Å². The van der Waals surface area contributed by atoms with E-state index in [0.717, 1.165) is 22.8 Å². The molecule has 0 saturated heterocycles. The summed E-state index contributed by atoms with van der Waals surface area (Å²) in [6, 6.07) is 26.8. The maximum Gasteiger partial charge on any atom is 0.216 e. The van der Waals surface area contributed by atoms with Gasteiger partial charge >= 0.3 is 0 Å². The van der Waals surface area contributed by atoms with Gasteiger partial charge in [0.05, 0.1) is 6.21 Å². The Hall–Kier alpha value is -3.71. The predicted octanol–water partition coefficient (Wildman–Crippen LogP) is 5.19. The van der Waals surface area contributed by atoms with Gasteiger partial charge < -0.3 is 9.47 Å². The number of hydrogen-bond acceptors (Lipinski definition) is 5. The van der Waals surface area contributed by atoms with Gasteiger partial charge in [-0.25, -0.2) is 5.10 Å². The van der Waals surface area contributed by atoms with E-state index in [1.54, 1.807) is 10.9 Å². The van der Waals surface area contributed by atoms with Crippen LogP contribution in [0.5, 0.6) is 17.2 Å². The molecular weight excluding hydrogens is 384 g/mol. The van der Waals surface area contributed by atoms with Gasteiger partial charge in [-0.1, -0.05) is 48.5 Å². The summed E-state index contributed by atoms with van der Waals surface area (Å²) in [5.41, 5.74) is 0.872. The third-order valence-corrected chi connectivity index (χ3v) is 4.25. The van der Waals surface area contributed by atoms with Crippen LogP contribution in [0.3, 0.4) is 0 Å². The molecule has 144 valence electrons. The van der Waals surface area contributed by atoms with Gasteiger partial charge in [0.1, 0.15) is 23.9 Å². The Morgan fingerprint density at radius 1 is 0.897 bits per heavy atom. The highest BCUT2D eigenvalue weighted by molar-refractivity contribution is 7.71. The molecule has 4 rings (SSSR count). The quantitative estimate of drug-likeness (QED) is 0.341. The van der Waals surface area contributed by atoms with Crippen molar-refractivity contribution < 1.29 is 9.47 Å². The van der Waals surface area contributed by atoms with Crippen LogP contribution in [0.2, 0.25) is 0 Å². The van der Waals surface area contributed by atoms with Gasteiger partial charge in [0.15, 0.2) is 5.82 Å². The molecule has 0 saturated carbocycles. The number of aromatic amines is 1. The van der Waals surface area contributed by atoms with Gasteiger partial charge in [-0.3, -0.25) is 0 Å². The highest BCUT2D eigenvalue weighted by Gasteiger charge is 2.06. The number of rotatable bonds is 7. The fourth-order valence-corrected chi connectivity index (χ4v) is 2.81. The van der Waals surface area contributed by atoms with Crippen molar-refractivity contribution >= 4 is 18.4 Å². The molecule has 6 nitrogen and oxygen atoms in total. The number of benzene rings is 3. The molecule has 0 aliphatic heterocycles. The Labute approximate surface area is 173 Å². The van der Waals surface area contributed by atoms with Crippen LogP contribution >= 0.6 is 12.2 Å². The average Bonchev–Trinajstić information content (AvgIpc) is 3.12. The van der Waals surface area contributed by atoms with Crippen LogP contribution in [0.4, 0.5) is 0 Å². The Balaban J connectivity index is 1.48. The predicted molar refractivity (Wildman–Crippen MR) is 114 cm³/mol. The third-order valence-electron chi connectivity index (χ3n) is 3.99. The molecule has 0 aliphatic carbocycles. The zero-order valence-electron chi connectivity index (χ0n) is 15.4. The number of ether oxygens (including phenoxy) is 2. The summed E-state index contributed by atoms with van der Waals surface area (Å²) in [5, 5.41) is 11.4. The van der Waals surface area contributed by atoms with Gasteiger partial charge in [-0.2, -0.15) is 14.9 Å². The lowest BCUT2D eigenvalue weighted by Gasteiger charge is -2.06. The normalized spacial score (nSPS) is 10.9. The average molecular weight is 402 g/mol. The molecule has 1 aromatic heterocycles. The molecule has 0 bridgehead atoms. The van der Waals surface area contributed by atoms with E-state index in [-0.39, 0.29) is 6.61 Å². The molecule has 0 unspecified atom stereocenters. The first-order valence-electron chi connectivity index (χ1n) is 8.99. The van der Waals surface area contributed by atoms with Crippen LogP contribution in [0.25, 0.3) is 0 Å². The minimum atomic E-state index is 0.242. The Morgan fingerprint density at radius 3 is 2.34 bits per heavy atom. The van der Waals surface area contributed by atoms with Gasteiger partial charge in [0.2, 0.25) is 4.77 Å². The number of hydrogen-bond donors (Lipinski definition) is 1. The van der Waals surface area contributed by atoms with Crippen LogP contribution < -0.4 is 9.47 Å². The molecule has 0 radical (unpaired) electrons. The fraction of sp³-hybridized carbons (Fsp3) is 0.0455. The Bertz CT molecular complexity index is 1150. The van der Waals surface area contributed by atoms with Crippen molar-refractivity contribution in [2.24, 2.45) is 5.10 Å². The summed E-state index contributed by atoms with van der Waals surface area (Å²) in [7, 11) is 0. The summed E-state index contributed by atoms with van der Waals surface area (Å²) >= 11 is 5.28. The van der Waals surface area contributed by atoms with E-state index in [0.29, 0.717) is 10.6 Å². The zero-order chi connectivity index (χ0) is 19.9. The molecule has 1 heterocycles. The summed E-state index contributed by atoms with van der Waals surface area (Å²) in [5.74, 6) is 2.83. The first-order valence-corrected chi connectivity index (χ1v) is 9.40. The fourth-order valence-electron chi connectivity index (χ4n) is 2.61. The van der Waals surface area contributed by atoms with Crippen molar-refractivity contribution in [1.82, 2.24) is 14.9 Å². The Morgan fingerprint density at radius 2 is 1.59 bits per heavy atom. The van der Waals surface area contributed by atoms with Crippen LogP contribution in [0.15, 0.2) is 90.0 Å². The van der Waals surface area contributed by atoms with Gasteiger partial charge in [-0.05, 0) is 54.2 Å². The second kappa shape index (κ2) is 8.99. The molecule has 29 heavy (non-hydrogen) atoms. The molecule has 7 heteroatoms. The van der Waals surface area contributed by atoms with E-state index >= 15 is 0 Å². The van der Waals surface area contributed by atoms with Gasteiger partial charge in [0.25, 0.3) is 0 Å². The highest BCUT2D eigenvalue weighted by atomic mass is 32.1. The van der Waals surface area contributed by atoms with E-state index in [2.05, 4.69) is 15.3 Å². The number of nitrogens with one attached hydrogen (secondary N) is 1. The van der Waals surface area contributed by atoms with Gasteiger partial charge in [-0.15, -0.1) is 0 Å². The summed E-state index contributed by atoms with van der Waals surface area (Å²) in [6.45, 7) is 0.242. The summed E-state index contributed by atoms with van der Waals surface area (Å²) in [6.07, 6.45) is 1.70. The van der Waals surface area contributed by atoms with Crippen molar-refractivity contribution in [3.63, 3.8) is 0 Å². The second-order valence-corrected chi connectivity index (χ2v) is 6.48. The number of aromatic nitrogens is 3. The van der Waals surface area contributed by atoms with E-state index in [1.807, 2.05) is 84.9 Å². The molecule has 0 spiro atoms. The van der Waals surface area contributed by atoms with Crippen molar-refractivity contribution in [2.45, 2.75) is 6.61 Å². The molecular formula is C22H18N4O2S. The molecule has 1 N–H and O–H groups in total. The molecule has 0 amide bonds. The third kappa shape index (κ3) is 4.97. The summed E-state index contributed by atoms with van der Waals surface area (Å²) < 4.78 is 13.5. The smallest absolute Gasteiger partial charge is 0.216 e. The lowest BCUT2D eigenvalue weighted by molar-refractivity contribution is 0.290. The van der Waals surface area contributed by atoms with Crippen LogP contribution in [-0.4, -0.2) is 21.1 Å². The lowest BCUT2D eigenvalue weighted by atomic mass is 10.2. The summed E-state index contributed by atoms with van der Waals surface area (Å²) in [4.78, 5) is 0. The molecule has 0 fully saturated rings. The SMILES string of the molecule is S=c1[nH]nc(COc2ccccc2)n1/N=C/c1cccc(Oc2ccccc2)c1. The maximum absolute atomic E-state index is 5.86. The molecule has 4 aromatic rings. The first kappa shape index (κ1) is 18.6. The molecule has 0 atom stereocenters. The van der Waals surface area contributed by atoms with Crippen LogP contribution in [-0.2, 0) is 6.61 Å². The lowest BCUT2D eigenvalue weighted by Crippen LogP contribution is -2.04. The number of para-hydroxylation sites is 2. The van der Waals surface area contributed by atoms with E-state index in [9.17, 15) is 0 Å². The monoisotopic (exact) mass is 402 g/mol. The topological polar surface area (TPSA) is 64.4 Å². The Kier molecular flexibility index (Phi) is 5.78. The molecule has 3 aromatic carbocycles. The zero-order valence-corrected chi connectivity index (χ0v) is 16.3. The minimum Gasteiger partial charge on any atom is -0.486 e. The van der Waals surface area contributed by atoms with Crippen molar-refractivity contribution in [3.8, 4) is 17.2 Å². The molecule has 0 aliphatic rings. The van der Waals surface area contributed by atoms with Crippen molar-refractivity contribution in [3.05, 3.63) is 101 Å². The van der Waals surface area contributed by atoms with Crippen molar-refractivity contribution in [2.75, 3.05) is 0 Å². The number of nitrogens with zero attached hydrogens (tertiary/aromatic N) is 3. The minimum absolute atomic E-state index is 0.242. The second-order valence-electron chi connectivity index (χ2n) is 6.09. The first-order chi connectivity index (χ1) is 14.3. The van der Waals surface area contributed by atoms with Crippen LogP contribution in [0, 0.1) is 4.77 Å². The van der Waals surface area contributed by atoms with E-state index in [4.69, 9.17) is 21.7 Å². The van der Waals surface area contributed by atoms with E-state index in [1.165, 1.54) is 0 Å². The highest BCUT2D eigenvalue weighted by Crippen LogP contribution is 2.21. The largest absolute Gasteiger partial charge is 0.486 e. The number of H-pyrrole nitrogens is 1. The maximum atomic E-state index is 5.86. The standard InChI is InChI=1S/C22H18N4O2S/c29-22-25-24-21(16-27-18-9-3-1-4-10-18)26(22)23-15-17-8-7-13-20(14-17)28-19-11-5-2-6-12-19/h1-15H,16H2,(H,25,29)/b23-15+. The van der Waals surface area contributed by atoms with Crippen molar-refractivity contribution in [1.29, 1.82) is 0 Å².